The summed E-state index contributed by atoms with van der Waals surface area (Å²) in [5.41, 5.74) is 5.52. The van der Waals surface area contributed by atoms with Crippen LogP contribution in [0.1, 0.15) is 12.8 Å². The van der Waals surface area contributed by atoms with Crippen LogP contribution in [0.15, 0.2) is 0 Å². The Morgan fingerprint density at radius 3 is 2.26 bits per heavy atom. The minimum absolute atomic E-state index is 0.284. The molecule has 112 valence electrons. The zero-order valence-corrected chi connectivity index (χ0v) is 11.9. The van der Waals surface area contributed by atoms with Crippen molar-refractivity contribution >= 4 is 5.84 Å². The van der Waals surface area contributed by atoms with Gasteiger partial charge in [0.15, 0.2) is 0 Å². The van der Waals surface area contributed by atoms with Crippen LogP contribution < -0.4 is 5.73 Å². The van der Waals surface area contributed by atoms with Gasteiger partial charge in [0.1, 0.15) is 0 Å². The molecule has 3 N–H and O–H groups in total. The minimum atomic E-state index is 0.284. The Morgan fingerprint density at radius 1 is 1.11 bits per heavy atom. The highest BCUT2D eigenvalue weighted by molar-refractivity contribution is 5.79. The Bertz CT molecular complexity index is 243. The van der Waals surface area contributed by atoms with Gasteiger partial charge in [0.25, 0.3) is 0 Å². The summed E-state index contributed by atoms with van der Waals surface area (Å²) in [5.74, 6) is 0.621. The van der Waals surface area contributed by atoms with Gasteiger partial charge in [-0.15, -0.1) is 0 Å². The molecule has 19 heavy (non-hydrogen) atoms. The van der Waals surface area contributed by atoms with Gasteiger partial charge in [-0.25, -0.2) is 0 Å². The molecule has 6 nitrogen and oxygen atoms in total. The third-order valence-electron chi connectivity index (χ3n) is 3.38. The van der Waals surface area contributed by atoms with E-state index in [4.69, 9.17) is 25.4 Å². The Balaban J connectivity index is 1.89. The zero-order valence-electron chi connectivity index (χ0n) is 11.9. The molecule has 1 rings (SSSR count). The minimum Gasteiger partial charge on any atom is -0.387 e. The number of likely N-dealkylation sites (tertiary alicyclic amines) is 1. The zero-order chi connectivity index (χ0) is 13.9. The molecule has 1 aliphatic heterocycles. The molecule has 0 aromatic heterocycles. The van der Waals surface area contributed by atoms with Crippen molar-refractivity contribution in [1.29, 1.82) is 5.41 Å². The van der Waals surface area contributed by atoms with Crippen LogP contribution in [0, 0.1) is 11.3 Å². The normalized spacial score (nSPS) is 17.7. The van der Waals surface area contributed by atoms with Crippen molar-refractivity contribution in [3.63, 3.8) is 0 Å². The fraction of sp³-hybridized carbons (Fsp3) is 0.923. The van der Waals surface area contributed by atoms with Crippen molar-refractivity contribution in [2.24, 2.45) is 11.7 Å². The van der Waals surface area contributed by atoms with Crippen molar-refractivity contribution in [2.75, 3.05) is 59.8 Å². The molecule has 0 aromatic rings. The Hall–Kier alpha value is -0.690. The number of hydrogen-bond acceptors (Lipinski definition) is 5. The number of methoxy groups -OCH3 is 1. The van der Waals surface area contributed by atoms with Crippen LogP contribution in [0.2, 0.25) is 0 Å². The molecular weight excluding hydrogens is 246 g/mol. The highest BCUT2D eigenvalue weighted by Gasteiger charge is 2.20. The molecule has 0 unspecified atom stereocenters. The monoisotopic (exact) mass is 273 g/mol. The number of amidine groups is 1. The van der Waals surface area contributed by atoms with Gasteiger partial charge >= 0.3 is 0 Å². The van der Waals surface area contributed by atoms with Crippen molar-refractivity contribution in [3.8, 4) is 0 Å². The van der Waals surface area contributed by atoms with E-state index in [0.717, 1.165) is 39.1 Å². The van der Waals surface area contributed by atoms with Gasteiger partial charge in [-0.05, 0) is 25.9 Å². The van der Waals surface area contributed by atoms with E-state index in [0.29, 0.717) is 32.3 Å². The lowest BCUT2D eigenvalue weighted by atomic mass is 9.96. The standard InChI is InChI=1S/C13H27N3O3/c1-17-8-9-19-11-10-18-7-6-16-4-2-12(3-5-16)13(14)15/h12H,2-11H2,1H3,(H3,14,15). The van der Waals surface area contributed by atoms with Gasteiger partial charge in [-0.3, -0.25) is 5.41 Å². The summed E-state index contributed by atoms with van der Waals surface area (Å²) in [7, 11) is 1.66. The molecular formula is C13H27N3O3. The SMILES string of the molecule is COCCOCCOCCN1CCC(C(=N)N)CC1. The maximum absolute atomic E-state index is 7.43. The quantitative estimate of drug-likeness (QED) is 0.340. The van der Waals surface area contributed by atoms with E-state index in [1.54, 1.807) is 7.11 Å². The summed E-state index contributed by atoms with van der Waals surface area (Å²) >= 11 is 0. The first-order valence-corrected chi connectivity index (χ1v) is 6.94. The molecule has 0 spiro atoms. The van der Waals surface area contributed by atoms with Crippen molar-refractivity contribution in [2.45, 2.75) is 12.8 Å². The Morgan fingerprint density at radius 2 is 1.68 bits per heavy atom. The molecule has 0 radical (unpaired) electrons. The summed E-state index contributed by atoms with van der Waals surface area (Å²) < 4.78 is 15.7. The van der Waals surface area contributed by atoms with Gasteiger partial charge in [0.05, 0.1) is 38.9 Å². The number of nitrogens with two attached hydrogens (primary N) is 1. The van der Waals surface area contributed by atoms with Gasteiger partial charge in [-0.1, -0.05) is 0 Å². The second-order valence-corrected chi connectivity index (χ2v) is 4.79. The van der Waals surface area contributed by atoms with Gasteiger partial charge in [-0.2, -0.15) is 0 Å². The molecule has 6 heteroatoms. The topological polar surface area (TPSA) is 80.8 Å². The smallest absolute Gasteiger partial charge is 0.0937 e. The molecule has 0 atom stereocenters. The molecule has 0 bridgehead atoms. The summed E-state index contributed by atoms with van der Waals surface area (Å²) in [6.45, 7) is 6.21. The van der Waals surface area contributed by atoms with Crippen molar-refractivity contribution < 1.29 is 14.2 Å². The third-order valence-corrected chi connectivity index (χ3v) is 3.38. The number of piperidine rings is 1. The molecule has 0 amide bonds. The molecule has 1 saturated heterocycles. The molecule has 0 saturated carbocycles. The van der Waals surface area contributed by atoms with E-state index in [1.165, 1.54) is 0 Å². The Kier molecular flexibility index (Phi) is 8.73. The predicted octanol–water partition coefficient (Wildman–Crippen LogP) is 0.314. The second-order valence-electron chi connectivity index (χ2n) is 4.79. The first-order valence-electron chi connectivity index (χ1n) is 6.94. The first-order chi connectivity index (χ1) is 9.24. The van der Waals surface area contributed by atoms with Gasteiger partial charge in [0.2, 0.25) is 0 Å². The number of nitrogens with one attached hydrogen (secondary N) is 1. The molecule has 1 heterocycles. The summed E-state index contributed by atoms with van der Waals surface area (Å²) in [6.07, 6.45) is 1.99. The maximum atomic E-state index is 7.43. The van der Waals surface area contributed by atoms with E-state index in [2.05, 4.69) is 4.90 Å². The lowest BCUT2D eigenvalue weighted by Gasteiger charge is -2.31. The van der Waals surface area contributed by atoms with E-state index in [9.17, 15) is 0 Å². The van der Waals surface area contributed by atoms with Crippen LogP contribution in [-0.2, 0) is 14.2 Å². The van der Waals surface area contributed by atoms with Crippen LogP contribution >= 0.6 is 0 Å². The van der Waals surface area contributed by atoms with Crippen LogP contribution in [0.3, 0.4) is 0 Å². The lowest BCUT2D eigenvalue weighted by molar-refractivity contribution is 0.0179. The maximum Gasteiger partial charge on any atom is 0.0937 e. The van der Waals surface area contributed by atoms with Crippen molar-refractivity contribution in [3.05, 3.63) is 0 Å². The largest absolute Gasteiger partial charge is 0.387 e. The summed E-state index contributed by atoms with van der Waals surface area (Å²) in [4.78, 5) is 2.37. The van der Waals surface area contributed by atoms with Crippen LogP contribution in [0.4, 0.5) is 0 Å². The van der Waals surface area contributed by atoms with E-state index >= 15 is 0 Å². The fourth-order valence-electron chi connectivity index (χ4n) is 2.13. The van der Waals surface area contributed by atoms with E-state index in [1.807, 2.05) is 0 Å². The molecule has 1 aliphatic rings. The number of nitrogens with zero attached hydrogens (tertiary/aromatic N) is 1. The van der Waals surface area contributed by atoms with Crippen molar-refractivity contribution in [1.82, 2.24) is 4.90 Å². The number of rotatable bonds is 10. The van der Waals surface area contributed by atoms with E-state index in [-0.39, 0.29) is 5.92 Å². The number of hydrogen-bond donors (Lipinski definition) is 2. The number of ether oxygens (including phenoxy) is 3. The van der Waals surface area contributed by atoms with Gasteiger partial charge in [0, 0.05) is 19.6 Å². The average molecular weight is 273 g/mol. The molecule has 0 aliphatic carbocycles. The molecule has 0 aromatic carbocycles. The summed E-state index contributed by atoms with van der Waals surface area (Å²) in [5, 5.41) is 7.43. The van der Waals surface area contributed by atoms with Crippen LogP contribution in [-0.4, -0.2) is 70.5 Å². The average Bonchev–Trinajstić information content (AvgIpc) is 2.42. The molecule has 1 fully saturated rings. The van der Waals surface area contributed by atoms with Crippen LogP contribution in [0.25, 0.3) is 0 Å². The second kappa shape index (κ2) is 10.1. The van der Waals surface area contributed by atoms with Crippen LogP contribution in [0.5, 0.6) is 0 Å². The first kappa shape index (κ1) is 16.4. The highest BCUT2D eigenvalue weighted by atomic mass is 16.5. The highest BCUT2D eigenvalue weighted by Crippen LogP contribution is 2.16. The third kappa shape index (κ3) is 7.47. The van der Waals surface area contributed by atoms with Gasteiger partial charge < -0.3 is 24.8 Å². The fourth-order valence-corrected chi connectivity index (χ4v) is 2.13. The Labute approximate surface area is 115 Å². The van der Waals surface area contributed by atoms with E-state index < -0.39 is 0 Å². The lowest BCUT2D eigenvalue weighted by Crippen LogP contribution is -2.39. The summed E-state index contributed by atoms with van der Waals surface area (Å²) in [6, 6.07) is 0. The predicted molar refractivity (Wildman–Crippen MR) is 74.6 cm³/mol.